The SMILES string of the molecule is C=C(CC=[N+]([O-])c1ccccc1)C(=O)Oc1ccccc1. The highest BCUT2D eigenvalue weighted by Crippen LogP contribution is 2.12. The normalized spacial score (nSPS) is 11.0. The topological polar surface area (TPSA) is 52.4 Å². The summed E-state index contributed by atoms with van der Waals surface area (Å²) in [6, 6.07) is 17.5. The zero-order chi connectivity index (χ0) is 15.1. The molecule has 4 heteroatoms. The summed E-state index contributed by atoms with van der Waals surface area (Å²) < 4.78 is 5.84. The van der Waals surface area contributed by atoms with E-state index in [1.165, 1.54) is 6.21 Å². The van der Waals surface area contributed by atoms with Crippen LogP contribution in [0.25, 0.3) is 0 Å². The van der Waals surface area contributed by atoms with Crippen molar-refractivity contribution >= 4 is 17.9 Å². The predicted molar refractivity (Wildman–Crippen MR) is 81.6 cm³/mol. The average molecular weight is 281 g/mol. The lowest BCUT2D eigenvalue weighted by Gasteiger charge is -2.05. The van der Waals surface area contributed by atoms with Gasteiger partial charge in [0.2, 0.25) is 5.69 Å². The molecule has 0 aliphatic heterocycles. The van der Waals surface area contributed by atoms with Crippen molar-refractivity contribution in [2.24, 2.45) is 0 Å². The van der Waals surface area contributed by atoms with Crippen molar-refractivity contribution in [1.82, 2.24) is 0 Å². The molecule has 0 saturated heterocycles. The van der Waals surface area contributed by atoms with Crippen LogP contribution in [0.3, 0.4) is 0 Å². The number of hydrogen-bond donors (Lipinski definition) is 0. The molecule has 0 saturated carbocycles. The standard InChI is InChI=1S/C17H15NO3/c1-14(17(19)21-16-10-6-3-7-11-16)12-13-18(20)15-8-4-2-5-9-15/h2-11,13H,1,12H2. The molecule has 21 heavy (non-hydrogen) atoms. The number of carbonyl (C=O) groups excluding carboxylic acids is 1. The van der Waals surface area contributed by atoms with Crippen LogP contribution >= 0.6 is 0 Å². The van der Waals surface area contributed by atoms with Crippen molar-refractivity contribution in [3.8, 4) is 5.75 Å². The first-order valence-corrected chi connectivity index (χ1v) is 6.46. The summed E-state index contributed by atoms with van der Waals surface area (Å²) in [5.41, 5.74) is 0.720. The Labute approximate surface area is 123 Å². The van der Waals surface area contributed by atoms with E-state index in [1.807, 2.05) is 12.1 Å². The van der Waals surface area contributed by atoms with Gasteiger partial charge in [0.15, 0.2) is 6.21 Å². The Balaban J connectivity index is 1.94. The number of rotatable bonds is 5. The second kappa shape index (κ2) is 7.05. The summed E-state index contributed by atoms with van der Waals surface area (Å²) in [7, 11) is 0. The molecule has 4 nitrogen and oxygen atoms in total. The molecule has 0 atom stereocenters. The van der Waals surface area contributed by atoms with Gasteiger partial charge in [0, 0.05) is 17.7 Å². The molecule has 0 aliphatic carbocycles. The summed E-state index contributed by atoms with van der Waals surface area (Å²) >= 11 is 0. The van der Waals surface area contributed by atoms with Crippen LogP contribution in [0.1, 0.15) is 6.42 Å². The van der Waals surface area contributed by atoms with E-state index < -0.39 is 5.97 Å². The minimum absolute atomic E-state index is 0.129. The van der Waals surface area contributed by atoms with Gasteiger partial charge in [-0.3, -0.25) is 0 Å². The Bertz CT molecular complexity index is 648. The van der Waals surface area contributed by atoms with Crippen LogP contribution in [0, 0.1) is 5.21 Å². The molecule has 0 heterocycles. The molecule has 106 valence electrons. The average Bonchev–Trinajstić information content (AvgIpc) is 2.54. The molecule has 2 aromatic rings. The van der Waals surface area contributed by atoms with E-state index >= 15 is 0 Å². The van der Waals surface area contributed by atoms with Crippen LogP contribution in [0.4, 0.5) is 5.69 Å². The van der Waals surface area contributed by atoms with Crippen LogP contribution in [0.5, 0.6) is 5.75 Å². The summed E-state index contributed by atoms with van der Waals surface area (Å²) in [6.45, 7) is 3.65. The van der Waals surface area contributed by atoms with E-state index in [9.17, 15) is 10.0 Å². The summed E-state index contributed by atoms with van der Waals surface area (Å²) in [6.07, 6.45) is 1.48. The van der Waals surface area contributed by atoms with Gasteiger partial charge >= 0.3 is 5.97 Å². The lowest BCUT2D eigenvalue weighted by molar-refractivity contribution is -0.356. The van der Waals surface area contributed by atoms with E-state index in [1.54, 1.807) is 48.5 Å². The van der Waals surface area contributed by atoms with E-state index in [0.717, 1.165) is 0 Å². The molecule has 0 unspecified atom stereocenters. The summed E-state index contributed by atoms with van der Waals surface area (Å²) in [5.74, 6) is -0.0930. The third-order valence-corrected chi connectivity index (χ3v) is 2.76. The summed E-state index contributed by atoms with van der Waals surface area (Å²) in [5, 5.41) is 11.8. The zero-order valence-corrected chi connectivity index (χ0v) is 11.4. The van der Waals surface area contributed by atoms with Crippen molar-refractivity contribution in [2.75, 3.05) is 0 Å². The Morgan fingerprint density at radius 1 is 1.10 bits per heavy atom. The maximum atomic E-state index is 11.8. The maximum absolute atomic E-state index is 11.8. The molecule has 0 spiro atoms. The van der Waals surface area contributed by atoms with Gasteiger partial charge < -0.3 is 9.94 Å². The monoisotopic (exact) mass is 281 g/mol. The molecule has 0 aliphatic rings. The second-order valence-corrected chi connectivity index (χ2v) is 4.35. The largest absolute Gasteiger partial charge is 0.619 e. The Morgan fingerprint density at radius 2 is 1.67 bits per heavy atom. The molecule has 0 radical (unpaired) electrons. The maximum Gasteiger partial charge on any atom is 0.339 e. The van der Waals surface area contributed by atoms with Crippen molar-refractivity contribution in [2.45, 2.75) is 6.42 Å². The number of esters is 1. The minimum atomic E-state index is -0.543. The molecular weight excluding hydrogens is 266 g/mol. The second-order valence-electron chi connectivity index (χ2n) is 4.35. The fourth-order valence-electron chi connectivity index (χ4n) is 1.62. The molecular formula is C17H15NO3. The van der Waals surface area contributed by atoms with Crippen LogP contribution in [0.2, 0.25) is 0 Å². The fraction of sp³-hybridized carbons (Fsp3) is 0.0588. The van der Waals surface area contributed by atoms with Crippen LogP contribution in [-0.4, -0.2) is 16.9 Å². The number of para-hydroxylation sites is 2. The van der Waals surface area contributed by atoms with Gasteiger partial charge in [-0.05, 0) is 12.1 Å². The molecule has 2 rings (SSSR count). The molecule has 0 N–H and O–H groups in total. The highest BCUT2D eigenvalue weighted by atomic mass is 16.5. The zero-order valence-electron chi connectivity index (χ0n) is 11.4. The van der Waals surface area contributed by atoms with Crippen LogP contribution < -0.4 is 4.74 Å². The quantitative estimate of drug-likeness (QED) is 0.160. The number of ether oxygens (including phenoxy) is 1. The Kier molecular flexibility index (Phi) is 4.88. The first kappa shape index (κ1) is 14.5. The van der Waals surface area contributed by atoms with E-state index in [-0.39, 0.29) is 12.0 Å². The van der Waals surface area contributed by atoms with Crippen molar-refractivity contribution in [3.05, 3.63) is 78.0 Å². The predicted octanol–water partition coefficient (Wildman–Crippen LogP) is 3.45. The van der Waals surface area contributed by atoms with Gasteiger partial charge in [0.25, 0.3) is 0 Å². The van der Waals surface area contributed by atoms with Crippen molar-refractivity contribution in [1.29, 1.82) is 0 Å². The van der Waals surface area contributed by atoms with Gasteiger partial charge in [-0.15, -0.1) is 0 Å². The van der Waals surface area contributed by atoms with Gasteiger partial charge in [-0.25, -0.2) is 4.79 Å². The van der Waals surface area contributed by atoms with Crippen molar-refractivity contribution < 1.29 is 14.3 Å². The van der Waals surface area contributed by atoms with Crippen LogP contribution in [0.15, 0.2) is 72.8 Å². The van der Waals surface area contributed by atoms with Crippen molar-refractivity contribution in [3.63, 3.8) is 0 Å². The molecule has 0 aromatic heterocycles. The lowest BCUT2D eigenvalue weighted by Crippen LogP contribution is -2.12. The lowest BCUT2D eigenvalue weighted by atomic mass is 10.2. The van der Waals surface area contributed by atoms with Crippen LogP contribution in [-0.2, 0) is 4.79 Å². The number of carbonyl (C=O) groups is 1. The van der Waals surface area contributed by atoms with E-state index in [2.05, 4.69) is 6.58 Å². The Morgan fingerprint density at radius 3 is 2.29 bits per heavy atom. The third kappa shape index (κ3) is 4.31. The molecule has 0 bridgehead atoms. The molecule has 2 aromatic carbocycles. The highest BCUT2D eigenvalue weighted by molar-refractivity contribution is 5.92. The third-order valence-electron chi connectivity index (χ3n) is 2.76. The van der Waals surface area contributed by atoms with E-state index in [4.69, 9.17) is 4.74 Å². The number of nitrogens with zero attached hydrogens (tertiary/aromatic N) is 1. The van der Waals surface area contributed by atoms with Gasteiger partial charge in [0.1, 0.15) is 5.75 Å². The molecule has 0 fully saturated rings. The molecule has 0 amide bonds. The summed E-state index contributed by atoms with van der Waals surface area (Å²) in [4.78, 5) is 11.8. The van der Waals surface area contributed by atoms with Gasteiger partial charge in [0.05, 0.1) is 6.42 Å². The first-order chi connectivity index (χ1) is 10.2. The first-order valence-electron chi connectivity index (χ1n) is 6.46. The minimum Gasteiger partial charge on any atom is -0.619 e. The fourth-order valence-corrected chi connectivity index (χ4v) is 1.62. The number of hydrogen-bond acceptors (Lipinski definition) is 3. The van der Waals surface area contributed by atoms with E-state index in [0.29, 0.717) is 16.2 Å². The number of benzene rings is 2. The Hall–Kier alpha value is -2.88. The highest BCUT2D eigenvalue weighted by Gasteiger charge is 2.10. The smallest absolute Gasteiger partial charge is 0.339 e. The van der Waals surface area contributed by atoms with Gasteiger partial charge in [-0.2, -0.15) is 4.74 Å². The van der Waals surface area contributed by atoms with Gasteiger partial charge in [-0.1, -0.05) is 43.0 Å².